The van der Waals surface area contributed by atoms with Crippen LogP contribution in [-0.2, 0) is 0 Å². The van der Waals surface area contributed by atoms with Gasteiger partial charge >= 0.3 is 0 Å². The maximum Gasteiger partial charge on any atom is 0.275 e. The van der Waals surface area contributed by atoms with Crippen LogP contribution in [0.25, 0.3) is 11.3 Å². The highest BCUT2D eigenvalue weighted by atomic mass is 16.7. The van der Waals surface area contributed by atoms with Crippen LogP contribution in [0.4, 0.5) is 5.69 Å². The van der Waals surface area contributed by atoms with Crippen LogP contribution in [0, 0.1) is 34.1 Å². The van der Waals surface area contributed by atoms with Gasteiger partial charge in [0.25, 0.3) is 11.6 Å². The van der Waals surface area contributed by atoms with Crippen molar-refractivity contribution in [2.75, 3.05) is 0 Å². The molecular weight excluding hydrogens is 332 g/mol. The molecule has 0 bridgehead atoms. The molecule has 0 radical (unpaired) electrons. The van der Waals surface area contributed by atoms with Crippen LogP contribution in [0.15, 0.2) is 38.9 Å². The minimum Gasteiger partial charge on any atom is -0.455 e. The van der Waals surface area contributed by atoms with Crippen LogP contribution in [0.3, 0.4) is 0 Å². The van der Waals surface area contributed by atoms with Crippen molar-refractivity contribution in [3.05, 3.63) is 61.4 Å². The lowest BCUT2D eigenvalue weighted by atomic mass is 10.0. The molecule has 0 aliphatic rings. The quantitative estimate of drug-likeness (QED) is 0.361. The molecule has 11 nitrogen and oxygen atoms in total. The topological polar surface area (TPSA) is 162 Å². The summed E-state index contributed by atoms with van der Waals surface area (Å²) in [5.41, 5.74) is 8.80. The zero-order chi connectivity index (χ0) is 18.6. The van der Waals surface area contributed by atoms with Crippen molar-refractivity contribution in [3.8, 4) is 11.3 Å². The number of furan rings is 1. The average molecular weight is 346 g/mol. The van der Waals surface area contributed by atoms with Gasteiger partial charge in [-0.2, -0.15) is 5.10 Å². The second-order valence-electron chi connectivity index (χ2n) is 5.01. The fourth-order valence-electron chi connectivity index (χ4n) is 2.09. The molecule has 0 aliphatic heterocycles. The minimum atomic E-state index is -0.862. The smallest absolute Gasteiger partial charge is 0.275 e. The van der Waals surface area contributed by atoms with Crippen LogP contribution in [0.5, 0.6) is 0 Å². The molecule has 0 fully saturated rings. The third-order valence-electron chi connectivity index (χ3n) is 3.19. The van der Waals surface area contributed by atoms with E-state index in [1.807, 2.05) is 0 Å². The number of nitro groups is 2. The molecule has 1 aromatic carbocycles. The number of guanidine groups is 1. The molecule has 1 aromatic heterocycles. The number of hydrogen-bond acceptors (Lipinski definition) is 7. The van der Waals surface area contributed by atoms with Crippen molar-refractivity contribution >= 4 is 17.9 Å². The van der Waals surface area contributed by atoms with Crippen LogP contribution in [-0.4, -0.2) is 22.1 Å². The van der Waals surface area contributed by atoms with E-state index in [1.54, 1.807) is 37.5 Å². The molecule has 0 amide bonds. The van der Waals surface area contributed by atoms with Crippen molar-refractivity contribution in [3.63, 3.8) is 0 Å². The molecular formula is C14H14N6O5. The van der Waals surface area contributed by atoms with E-state index in [2.05, 4.69) is 10.2 Å². The predicted octanol–water partition coefficient (Wildman–Crippen LogP) is 1.90. The predicted molar refractivity (Wildman–Crippen MR) is 89.6 cm³/mol. The van der Waals surface area contributed by atoms with Crippen molar-refractivity contribution in [1.82, 2.24) is 5.43 Å². The number of nitrogens with zero attached hydrogens (tertiary/aromatic N) is 4. The lowest BCUT2D eigenvalue weighted by Gasteiger charge is -2.05. The number of nitro benzene ring substituents is 1. The fourth-order valence-corrected chi connectivity index (χ4v) is 2.09. The van der Waals surface area contributed by atoms with Gasteiger partial charge in [0.1, 0.15) is 11.5 Å². The van der Waals surface area contributed by atoms with E-state index >= 15 is 0 Å². The first kappa shape index (κ1) is 17.6. The van der Waals surface area contributed by atoms with Crippen molar-refractivity contribution in [1.29, 1.82) is 0 Å². The number of hydrogen-bond donors (Lipinski definition) is 2. The van der Waals surface area contributed by atoms with Gasteiger partial charge in [-0.3, -0.25) is 10.1 Å². The van der Waals surface area contributed by atoms with Crippen molar-refractivity contribution in [2.45, 2.75) is 13.8 Å². The molecule has 0 unspecified atom stereocenters. The van der Waals surface area contributed by atoms with Crippen LogP contribution in [0.1, 0.15) is 16.9 Å². The third kappa shape index (κ3) is 4.37. The number of nitrogens with one attached hydrogen (secondary N) is 1. The fraction of sp³-hybridized carbons (Fsp3) is 0.143. The minimum absolute atomic E-state index is 0.0395. The first-order valence-corrected chi connectivity index (χ1v) is 6.91. The molecule has 0 atom stereocenters. The van der Waals surface area contributed by atoms with Gasteiger partial charge in [-0.15, -0.1) is 5.10 Å². The summed E-state index contributed by atoms with van der Waals surface area (Å²) in [6.45, 7) is 3.39. The Hall–Kier alpha value is -3.76. The zero-order valence-electron chi connectivity index (χ0n) is 13.3. The molecule has 2 aromatic rings. The zero-order valence-corrected chi connectivity index (χ0v) is 13.3. The maximum atomic E-state index is 11.0. The molecule has 11 heteroatoms. The standard InChI is InChI=1S/C14H14N6O5/c1-8-6-12(19(21)22)9(2)5-11(8)13-4-3-10(25-13)7-16-17-14(15)18-20(23)24/h3-7H,1-2H3,(H3,15,17,18)/b16-7+. The lowest BCUT2D eigenvalue weighted by molar-refractivity contribution is -0.525. The Balaban J connectivity index is 2.23. The monoisotopic (exact) mass is 346 g/mol. The van der Waals surface area contributed by atoms with E-state index in [0.29, 0.717) is 28.2 Å². The van der Waals surface area contributed by atoms with E-state index in [1.165, 1.54) is 12.3 Å². The average Bonchev–Trinajstić information content (AvgIpc) is 2.96. The highest BCUT2D eigenvalue weighted by molar-refractivity contribution is 5.80. The highest BCUT2D eigenvalue weighted by Gasteiger charge is 2.15. The van der Waals surface area contributed by atoms with E-state index in [-0.39, 0.29) is 5.69 Å². The Morgan fingerprint density at radius 1 is 1.24 bits per heavy atom. The number of rotatable bonds is 5. The third-order valence-corrected chi connectivity index (χ3v) is 3.19. The summed E-state index contributed by atoms with van der Waals surface area (Å²) in [5, 5.41) is 27.2. The van der Waals surface area contributed by atoms with Gasteiger partial charge in [-0.05, 0) is 37.6 Å². The van der Waals surface area contributed by atoms with Gasteiger partial charge in [0.15, 0.2) is 5.03 Å². The molecule has 0 saturated heterocycles. The molecule has 0 aliphatic carbocycles. The van der Waals surface area contributed by atoms with E-state index in [4.69, 9.17) is 10.2 Å². The molecule has 2 rings (SSSR count). The Kier molecular flexibility index (Phi) is 5.07. The Morgan fingerprint density at radius 2 is 1.96 bits per heavy atom. The number of benzene rings is 1. The summed E-state index contributed by atoms with van der Waals surface area (Å²) < 4.78 is 5.59. The summed E-state index contributed by atoms with van der Waals surface area (Å²) in [4.78, 5) is 20.7. The van der Waals surface area contributed by atoms with Crippen LogP contribution >= 0.6 is 0 Å². The molecule has 0 saturated carbocycles. The van der Waals surface area contributed by atoms with Gasteiger partial charge in [0.2, 0.25) is 0 Å². The number of hydrazine groups is 1. The molecule has 3 N–H and O–H groups in total. The summed E-state index contributed by atoms with van der Waals surface area (Å²) >= 11 is 0. The van der Waals surface area contributed by atoms with Gasteiger partial charge in [-0.25, -0.2) is 10.1 Å². The molecule has 0 spiro atoms. The van der Waals surface area contributed by atoms with E-state index in [9.17, 15) is 20.2 Å². The lowest BCUT2D eigenvalue weighted by Crippen LogP contribution is -2.35. The number of nitrogens with two attached hydrogens (primary N) is 1. The van der Waals surface area contributed by atoms with Crippen LogP contribution < -0.4 is 11.2 Å². The van der Waals surface area contributed by atoms with Gasteiger partial charge in [0.05, 0.1) is 11.1 Å². The summed E-state index contributed by atoms with van der Waals surface area (Å²) in [5.74, 6) is 0.357. The second kappa shape index (κ2) is 7.21. The second-order valence-corrected chi connectivity index (χ2v) is 5.01. The normalized spacial score (nSPS) is 11.7. The Labute approximate surface area is 141 Å². The van der Waals surface area contributed by atoms with Gasteiger partial charge < -0.3 is 10.2 Å². The highest BCUT2D eigenvalue weighted by Crippen LogP contribution is 2.30. The molecule has 1 heterocycles. The van der Waals surface area contributed by atoms with Gasteiger partial charge in [0, 0.05) is 17.2 Å². The molecule has 130 valence electrons. The van der Waals surface area contributed by atoms with E-state index < -0.39 is 15.9 Å². The SMILES string of the molecule is Cc1cc([N+](=O)[O-])c(C)cc1-c1ccc(/C=N/N=C(N)N[N+](=O)[O-])o1. The largest absolute Gasteiger partial charge is 0.455 e. The first-order valence-electron chi connectivity index (χ1n) is 6.91. The van der Waals surface area contributed by atoms with E-state index in [0.717, 1.165) is 0 Å². The Morgan fingerprint density at radius 3 is 2.60 bits per heavy atom. The summed E-state index contributed by atoms with van der Waals surface area (Å²) in [7, 11) is 0. The molecule has 25 heavy (non-hydrogen) atoms. The maximum absolute atomic E-state index is 11.0. The first-order chi connectivity index (χ1) is 11.8. The van der Waals surface area contributed by atoms with Gasteiger partial charge in [-0.1, -0.05) is 5.43 Å². The summed E-state index contributed by atoms with van der Waals surface area (Å²) in [6.07, 6.45) is 1.23. The van der Waals surface area contributed by atoms with Crippen LogP contribution in [0.2, 0.25) is 0 Å². The van der Waals surface area contributed by atoms with Crippen molar-refractivity contribution in [2.24, 2.45) is 15.9 Å². The summed E-state index contributed by atoms with van der Waals surface area (Å²) in [6, 6.07) is 6.44. The number of aryl methyl sites for hydroxylation is 2. The van der Waals surface area contributed by atoms with Crippen molar-refractivity contribution < 1.29 is 14.4 Å². The Bertz CT molecular complexity index is 886.